The molecule has 0 aliphatic heterocycles. The van der Waals surface area contributed by atoms with Crippen molar-refractivity contribution in [3.63, 3.8) is 0 Å². The number of ketones is 2. The third kappa shape index (κ3) is 4.49. The Morgan fingerprint density at radius 1 is 1.06 bits per heavy atom. The summed E-state index contributed by atoms with van der Waals surface area (Å²) in [5.74, 6) is -0.108. The Bertz CT molecular complexity index is 798. The number of fused-ring (bicyclic) bond motifs is 1. The fraction of sp³-hybridized carbons (Fsp3) is 0.760. The number of carbonyl (C=O) groups excluding carboxylic acids is 4. The number of hydrogen-bond donors (Lipinski definition) is 0. The predicted octanol–water partition coefficient (Wildman–Crippen LogP) is 4.20. The summed E-state index contributed by atoms with van der Waals surface area (Å²) < 4.78 is 10.7. The number of hydrogen-bond acceptors (Lipinski definition) is 6. The molecule has 0 N–H and O–H groups in total. The second kappa shape index (κ2) is 8.87. The Labute approximate surface area is 185 Å². The molecule has 3 aliphatic carbocycles. The average Bonchev–Trinajstić information content (AvgIpc) is 3.00. The lowest BCUT2D eigenvalue weighted by atomic mass is 9.52. The Hall–Kier alpha value is -1.98. The van der Waals surface area contributed by atoms with E-state index >= 15 is 0 Å². The first kappa shape index (κ1) is 23.7. The molecule has 0 spiro atoms. The SMILES string of the molecule is CC(=O)OCC[C@]1(C)C(C(C)=O)=CC[C@H]1[C@@H]1CC[C@H]2C[C@@H](OC(C)=O)CC[C@]2(C)C1=O. The zero-order valence-corrected chi connectivity index (χ0v) is 19.5. The summed E-state index contributed by atoms with van der Waals surface area (Å²) in [7, 11) is 0. The second-order valence-electron chi connectivity index (χ2n) is 10.2. The van der Waals surface area contributed by atoms with Crippen LogP contribution in [0.4, 0.5) is 0 Å². The van der Waals surface area contributed by atoms with Gasteiger partial charge in [0.25, 0.3) is 0 Å². The molecule has 6 heteroatoms. The van der Waals surface area contributed by atoms with Crippen LogP contribution in [0.3, 0.4) is 0 Å². The van der Waals surface area contributed by atoms with Crippen LogP contribution in [0.2, 0.25) is 0 Å². The van der Waals surface area contributed by atoms with Crippen LogP contribution in [-0.4, -0.2) is 36.2 Å². The maximum Gasteiger partial charge on any atom is 0.302 e. The van der Waals surface area contributed by atoms with Crippen molar-refractivity contribution >= 4 is 23.5 Å². The van der Waals surface area contributed by atoms with Crippen molar-refractivity contribution < 1.29 is 28.7 Å². The largest absolute Gasteiger partial charge is 0.466 e. The molecule has 3 rings (SSSR count). The quantitative estimate of drug-likeness (QED) is 0.585. The van der Waals surface area contributed by atoms with Gasteiger partial charge in [0.15, 0.2) is 5.78 Å². The predicted molar refractivity (Wildman–Crippen MR) is 115 cm³/mol. The van der Waals surface area contributed by atoms with E-state index in [4.69, 9.17) is 9.47 Å². The van der Waals surface area contributed by atoms with Crippen molar-refractivity contribution in [2.45, 2.75) is 85.7 Å². The average molecular weight is 433 g/mol. The number of carbonyl (C=O) groups is 4. The van der Waals surface area contributed by atoms with Crippen LogP contribution in [0.15, 0.2) is 11.6 Å². The van der Waals surface area contributed by atoms with E-state index in [1.807, 2.05) is 6.08 Å². The van der Waals surface area contributed by atoms with Gasteiger partial charge in [0.05, 0.1) is 6.61 Å². The van der Waals surface area contributed by atoms with E-state index in [2.05, 4.69) is 13.8 Å². The number of rotatable bonds is 6. The number of Topliss-reactive ketones (excluding diaryl/α,β-unsaturated/α-hetero) is 2. The van der Waals surface area contributed by atoms with Crippen LogP contribution < -0.4 is 0 Å². The van der Waals surface area contributed by atoms with Gasteiger partial charge in [-0.1, -0.05) is 19.9 Å². The molecule has 0 unspecified atom stereocenters. The molecule has 2 saturated carbocycles. The minimum Gasteiger partial charge on any atom is -0.466 e. The Balaban J connectivity index is 1.79. The molecule has 0 bridgehead atoms. The smallest absolute Gasteiger partial charge is 0.302 e. The molecule has 0 radical (unpaired) electrons. The Morgan fingerprint density at radius 3 is 2.39 bits per heavy atom. The van der Waals surface area contributed by atoms with Crippen LogP contribution in [0.5, 0.6) is 0 Å². The molecular weight excluding hydrogens is 396 g/mol. The maximum absolute atomic E-state index is 13.8. The van der Waals surface area contributed by atoms with Crippen LogP contribution in [0.25, 0.3) is 0 Å². The van der Waals surface area contributed by atoms with Gasteiger partial charge in [-0.05, 0) is 69.3 Å². The lowest BCUT2D eigenvalue weighted by Gasteiger charge is -2.51. The molecule has 0 amide bonds. The summed E-state index contributed by atoms with van der Waals surface area (Å²) in [4.78, 5) is 48.9. The summed E-state index contributed by atoms with van der Waals surface area (Å²) in [6.45, 7) is 8.79. The van der Waals surface area contributed by atoms with Gasteiger partial charge >= 0.3 is 11.9 Å². The molecule has 0 heterocycles. The highest BCUT2D eigenvalue weighted by molar-refractivity contribution is 5.96. The lowest BCUT2D eigenvalue weighted by Crippen LogP contribution is -2.52. The van der Waals surface area contributed by atoms with E-state index in [0.717, 1.165) is 37.7 Å². The minimum atomic E-state index is -0.472. The molecule has 6 atom stereocenters. The normalized spacial score (nSPS) is 37.6. The van der Waals surface area contributed by atoms with E-state index in [-0.39, 0.29) is 48.2 Å². The van der Waals surface area contributed by atoms with Crippen molar-refractivity contribution in [3.05, 3.63) is 11.6 Å². The first-order chi connectivity index (χ1) is 14.5. The summed E-state index contributed by atoms with van der Waals surface area (Å²) >= 11 is 0. The number of esters is 2. The highest BCUT2D eigenvalue weighted by atomic mass is 16.5. The summed E-state index contributed by atoms with van der Waals surface area (Å²) in [5.41, 5.74) is -0.113. The van der Waals surface area contributed by atoms with Gasteiger partial charge < -0.3 is 9.47 Å². The standard InChI is InChI=1S/C25H36O6/c1-15(26)21-8-9-22(25(21,5)12-13-30-16(2)27)20-7-6-18-14-19(31-17(3)28)10-11-24(18,4)23(20)29/h8,18-20,22H,6-7,9-14H2,1-5H3/t18-,19-,20-,22-,24-,25+/m0/s1. The van der Waals surface area contributed by atoms with E-state index in [1.54, 1.807) is 6.92 Å². The van der Waals surface area contributed by atoms with Crippen molar-refractivity contribution in [3.8, 4) is 0 Å². The summed E-state index contributed by atoms with van der Waals surface area (Å²) in [6.07, 6.45) is 7.08. The van der Waals surface area contributed by atoms with Crippen molar-refractivity contribution in [2.75, 3.05) is 6.61 Å². The van der Waals surface area contributed by atoms with Crippen LogP contribution >= 0.6 is 0 Å². The Kier molecular flexibility index (Phi) is 6.78. The summed E-state index contributed by atoms with van der Waals surface area (Å²) in [6, 6.07) is 0. The Morgan fingerprint density at radius 2 is 1.77 bits per heavy atom. The van der Waals surface area contributed by atoms with Crippen molar-refractivity contribution in [2.24, 2.45) is 28.6 Å². The highest BCUT2D eigenvalue weighted by Gasteiger charge is 2.56. The minimum absolute atomic E-state index is 0.0297. The van der Waals surface area contributed by atoms with Crippen molar-refractivity contribution in [1.82, 2.24) is 0 Å². The van der Waals surface area contributed by atoms with E-state index < -0.39 is 10.8 Å². The van der Waals surface area contributed by atoms with Crippen LogP contribution in [0, 0.1) is 28.6 Å². The fourth-order valence-corrected chi connectivity index (χ4v) is 6.60. The highest BCUT2D eigenvalue weighted by Crippen LogP contribution is 2.57. The topological polar surface area (TPSA) is 86.7 Å². The van der Waals surface area contributed by atoms with Gasteiger partial charge in [-0.15, -0.1) is 0 Å². The van der Waals surface area contributed by atoms with Gasteiger partial charge in [-0.2, -0.15) is 0 Å². The van der Waals surface area contributed by atoms with Crippen LogP contribution in [-0.2, 0) is 28.7 Å². The molecule has 172 valence electrons. The number of ether oxygens (including phenoxy) is 2. The first-order valence-electron chi connectivity index (χ1n) is 11.6. The molecule has 6 nitrogen and oxygen atoms in total. The van der Waals surface area contributed by atoms with Crippen molar-refractivity contribution in [1.29, 1.82) is 0 Å². The molecule has 0 aromatic heterocycles. The van der Waals surface area contributed by atoms with E-state index in [9.17, 15) is 19.2 Å². The third-order valence-electron chi connectivity index (χ3n) is 8.29. The molecule has 0 aromatic carbocycles. The third-order valence-corrected chi connectivity index (χ3v) is 8.29. The first-order valence-corrected chi connectivity index (χ1v) is 11.6. The number of allylic oxidation sites excluding steroid dienone is 2. The van der Waals surface area contributed by atoms with E-state index in [0.29, 0.717) is 18.6 Å². The summed E-state index contributed by atoms with van der Waals surface area (Å²) in [5, 5.41) is 0. The van der Waals surface area contributed by atoms with E-state index in [1.165, 1.54) is 13.8 Å². The molecule has 3 aliphatic rings. The van der Waals surface area contributed by atoms with Gasteiger partial charge in [0.2, 0.25) is 0 Å². The molecule has 2 fully saturated rings. The maximum atomic E-state index is 13.8. The monoisotopic (exact) mass is 432 g/mol. The molecule has 0 aromatic rings. The lowest BCUT2D eigenvalue weighted by molar-refractivity contribution is -0.158. The van der Waals surface area contributed by atoms with Gasteiger partial charge in [0.1, 0.15) is 11.9 Å². The fourth-order valence-electron chi connectivity index (χ4n) is 6.60. The van der Waals surface area contributed by atoms with Crippen LogP contribution in [0.1, 0.15) is 79.6 Å². The molecule has 31 heavy (non-hydrogen) atoms. The second-order valence-corrected chi connectivity index (χ2v) is 10.2. The van der Waals surface area contributed by atoms with Gasteiger partial charge in [0, 0.05) is 30.6 Å². The zero-order chi connectivity index (χ0) is 23.0. The van der Waals surface area contributed by atoms with Gasteiger partial charge in [-0.3, -0.25) is 19.2 Å². The van der Waals surface area contributed by atoms with Gasteiger partial charge in [-0.25, -0.2) is 0 Å². The molecular formula is C25H36O6. The zero-order valence-electron chi connectivity index (χ0n) is 19.5. The molecule has 0 saturated heterocycles.